The molecule has 2 aromatic carbocycles. The van der Waals surface area contributed by atoms with Crippen molar-refractivity contribution in [1.29, 1.82) is 0 Å². The summed E-state index contributed by atoms with van der Waals surface area (Å²) in [5.74, 6) is 0.0258. The van der Waals surface area contributed by atoms with Crippen molar-refractivity contribution in [2.45, 2.75) is 37.8 Å². The van der Waals surface area contributed by atoms with Crippen LogP contribution in [0.3, 0.4) is 0 Å². The Balaban J connectivity index is 1.99. The molecule has 3 rings (SSSR count). The molecule has 0 spiro atoms. The Labute approximate surface area is 216 Å². The van der Waals surface area contributed by atoms with Gasteiger partial charge >= 0.3 is 0 Å². The highest BCUT2D eigenvalue weighted by molar-refractivity contribution is 7.92. The van der Waals surface area contributed by atoms with Crippen LogP contribution in [0.15, 0.2) is 70.8 Å². The van der Waals surface area contributed by atoms with Gasteiger partial charge in [-0.05, 0) is 49.2 Å². The van der Waals surface area contributed by atoms with Crippen LogP contribution < -0.4 is 10.1 Å². The van der Waals surface area contributed by atoms with Crippen molar-refractivity contribution in [3.05, 3.63) is 82.5 Å². The first-order valence-electron chi connectivity index (χ1n) is 11.3. The molecule has 2 aromatic rings. The van der Waals surface area contributed by atoms with Crippen LogP contribution in [0.5, 0.6) is 5.75 Å². The van der Waals surface area contributed by atoms with Gasteiger partial charge in [0.05, 0.1) is 12.5 Å². The molecule has 1 aliphatic rings. The first-order valence-corrected chi connectivity index (χ1v) is 13.1. The van der Waals surface area contributed by atoms with E-state index in [0.29, 0.717) is 21.9 Å². The van der Waals surface area contributed by atoms with Gasteiger partial charge in [0.1, 0.15) is 12.1 Å². The molecule has 10 heteroatoms. The van der Waals surface area contributed by atoms with E-state index in [2.05, 4.69) is 9.71 Å². The van der Waals surface area contributed by atoms with E-state index < -0.39 is 27.4 Å². The molecule has 1 aliphatic carbocycles. The highest BCUT2D eigenvalue weighted by Gasteiger charge is 2.50. The van der Waals surface area contributed by atoms with Gasteiger partial charge in [-0.15, -0.1) is 0 Å². The predicted molar refractivity (Wildman–Crippen MR) is 141 cm³/mol. The van der Waals surface area contributed by atoms with Gasteiger partial charge < -0.3 is 15.0 Å². The van der Waals surface area contributed by atoms with Crippen LogP contribution in [-0.4, -0.2) is 50.8 Å². The second-order valence-electron chi connectivity index (χ2n) is 8.85. The number of carbonyl (C=O) groups is 1. The number of nitrogens with zero attached hydrogens (tertiary/aromatic N) is 2. The molecule has 36 heavy (non-hydrogen) atoms. The van der Waals surface area contributed by atoms with Crippen molar-refractivity contribution in [2.75, 3.05) is 14.1 Å². The summed E-state index contributed by atoms with van der Waals surface area (Å²) in [5.41, 5.74) is 0.936. The zero-order valence-electron chi connectivity index (χ0n) is 20.5. The number of amides is 1. The normalized spacial score (nSPS) is 18.1. The molecule has 0 saturated heterocycles. The molecule has 1 unspecified atom stereocenters. The van der Waals surface area contributed by atoms with Gasteiger partial charge in [0.25, 0.3) is 15.0 Å². The number of carbonyl (C=O) groups excluding carboxylic acids is 1. The van der Waals surface area contributed by atoms with E-state index in [4.69, 9.17) is 16.3 Å². The van der Waals surface area contributed by atoms with Gasteiger partial charge in [0.15, 0.2) is 0 Å². The summed E-state index contributed by atoms with van der Waals surface area (Å²) in [6.45, 7) is 3.71. The monoisotopic (exact) mass is 533 g/mol. The van der Waals surface area contributed by atoms with Crippen LogP contribution in [0.25, 0.3) is 5.57 Å². The van der Waals surface area contributed by atoms with Crippen LogP contribution in [0.1, 0.15) is 31.4 Å². The number of ether oxygens (including phenoxy) is 1. The van der Waals surface area contributed by atoms with Crippen molar-refractivity contribution in [3.8, 4) is 5.75 Å². The van der Waals surface area contributed by atoms with Gasteiger partial charge in [0.2, 0.25) is 5.91 Å². The lowest BCUT2D eigenvalue weighted by atomic mass is 9.93. The topological polar surface area (TPSA) is 88.1 Å². The standard InChI is InChI=1S/C26H29ClFN3O4S/c1-18(2)35-22-10-7-9-19(14-22)23-13-12-21(16-26(23,28)36(33,34)29-17-31(3)4)30-25(32)15-20-8-5-6-11-24(20)27/h5-14,17-18H,15-16H2,1-4H3,(H,30,32). The maximum Gasteiger partial charge on any atom is 0.294 e. The van der Waals surface area contributed by atoms with E-state index in [-0.39, 0.29) is 23.8 Å². The minimum Gasteiger partial charge on any atom is -0.491 e. The molecular formula is C26H29ClFN3O4S. The molecule has 0 saturated carbocycles. The largest absolute Gasteiger partial charge is 0.491 e. The summed E-state index contributed by atoms with van der Waals surface area (Å²) >= 11 is 6.13. The summed E-state index contributed by atoms with van der Waals surface area (Å²) in [5, 5.41) is 0.118. The zero-order chi connectivity index (χ0) is 26.5. The van der Waals surface area contributed by atoms with E-state index in [0.717, 1.165) is 6.34 Å². The smallest absolute Gasteiger partial charge is 0.294 e. The Morgan fingerprint density at radius 2 is 1.94 bits per heavy atom. The van der Waals surface area contributed by atoms with E-state index >= 15 is 4.39 Å². The second-order valence-corrected chi connectivity index (χ2v) is 11.1. The Hall–Kier alpha value is -3.17. The Bertz CT molecular complexity index is 1320. The molecule has 1 atom stereocenters. The average Bonchev–Trinajstić information content (AvgIpc) is 2.79. The molecule has 0 radical (unpaired) electrons. The van der Waals surface area contributed by atoms with Crippen molar-refractivity contribution >= 4 is 39.4 Å². The second kappa shape index (κ2) is 11.3. The molecule has 0 aliphatic heterocycles. The van der Waals surface area contributed by atoms with E-state index in [1.54, 1.807) is 62.6 Å². The number of benzene rings is 2. The lowest BCUT2D eigenvalue weighted by Gasteiger charge is -2.30. The van der Waals surface area contributed by atoms with Crippen molar-refractivity contribution < 1.29 is 22.3 Å². The lowest BCUT2D eigenvalue weighted by Crippen LogP contribution is -2.39. The summed E-state index contributed by atoms with van der Waals surface area (Å²) in [4.78, 5) is 14.0. The van der Waals surface area contributed by atoms with E-state index in [1.807, 2.05) is 13.8 Å². The highest BCUT2D eigenvalue weighted by Crippen LogP contribution is 2.44. The molecule has 1 N–H and O–H groups in total. The molecule has 7 nitrogen and oxygen atoms in total. The van der Waals surface area contributed by atoms with Gasteiger partial charge in [0, 0.05) is 36.8 Å². The minimum atomic E-state index is -4.71. The van der Waals surface area contributed by atoms with Crippen molar-refractivity contribution in [2.24, 2.45) is 4.40 Å². The maximum atomic E-state index is 16.7. The van der Waals surface area contributed by atoms with Gasteiger partial charge in [-0.25, -0.2) is 12.8 Å². The molecule has 0 heterocycles. The number of halogens is 2. The fourth-order valence-electron chi connectivity index (χ4n) is 3.62. The van der Waals surface area contributed by atoms with E-state index in [1.165, 1.54) is 17.1 Å². The Morgan fingerprint density at radius 3 is 2.61 bits per heavy atom. The molecule has 0 aromatic heterocycles. The quantitative estimate of drug-likeness (QED) is 0.371. The number of hydrogen-bond donors (Lipinski definition) is 1. The molecule has 1 amide bonds. The first-order chi connectivity index (χ1) is 16.9. The third-order valence-electron chi connectivity index (χ3n) is 5.22. The maximum absolute atomic E-state index is 16.7. The van der Waals surface area contributed by atoms with Crippen LogP contribution in [0.2, 0.25) is 5.02 Å². The predicted octanol–water partition coefficient (Wildman–Crippen LogP) is 4.74. The summed E-state index contributed by atoms with van der Waals surface area (Å²) in [6.07, 6.45) is 3.08. The van der Waals surface area contributed by atoms with Crippen LogP contribution in [-0.2, 0) is 21.2 Å². The number of allylic oxidation sites excluding steroid dienone is 3. The Kier molecular flexibility index (Phi) is 8.58. The number of sulfonamides is 1. The summed E-state index contributed by atoms with van der Waals surface area (Å²) in [6, 6.07) is 13.4. The third-order valence-corrected chi connectivity index (χ3v) is 7.15. The minimum absolute atomic E-state index is 0.0486. The van der Waals surface area contributed by atoms with Crippen molar-refractivity contribution in [1.82, 2.24) is 10.2 Å². The number of rotatable bonds is 9. The fourth-order valence-corrected chi connectivity index (χ4v) is 5.11. The van der Waals surface area contributed by atoms with E-state index in [9.17, 15) is 13.2 Å². The molecular weight excluding hydrogens is 505 g/mol. The highest BCUT2D eigenvalue weighted by atomic mass is 35.5. The number of alkyl halides is 1. The number of hydrogen-bond acceptors (Lipinski definition) is 4. The summed E-state index contributed by atoms with van der Waals surface area (Å²) < 4.78 is 52.3. The van der Waals surface area contributed by atoms with Crippen molar-refractivity contribution in [3.63, 3.8) is 0 Å². The first kappa shape index (κ1) is 27.4. The SMILES string of the molecule is CC(C)Oc1cccc(C2=CC=C(NC(=O)Cc3ccccc3Cl)CC2(F)S(=O)(=O)N=CN(C)C)c1. The zero-order valence-corrected chi connectivity index (χ0v) is 22.1. The summed E-state index contributed by atoms with van der Waals surface area (Å²) in [7, 11) is -1.55. The van der Waals surface area contributed by atoms with Gasteiger partial charge in [-0.3, -0.25) is 4.79 Å². The van der Waals surface area contributed by atoms with Crippen LogP contribution >= 0.6 is 11.6 Å². The third kappa shape index (κ3) is 6.53. The van der Waals surface area contributed by atoms with Gasteiger partial charge in [-0.2, -0.15) is 4.40 Å². The average molecular weight is 534 g/mol. The van der Waals surface area contributed by atoms with Gasteiger partial charge in [-0.1, -0.05) is 48.0 Å². The number of nitrogens with one attached hydrogen (secondary N) is 1. The fraction of sp³-hybridized carbons (Fsp3) is 0.308. The van der Waals surface area contributed by atoms with Crippen LogP contribution in [0.4, 0.5) is 4.39 Å². The molecule has 0 bridgehead atoms. The van der Waals surface area contributed by atoms with Crippen LogP contribution in [0, 0.1) is 0 Å². The Morgan fingerprint density at radius 1 is 1.22 bits per heavy atom. The molecule has 0 fully saturated rings. The molecule has 192 valence electrons. The lowest BCUT2D eigenvalue weighted by molar-refractivity contribution is -0.119.